The van der Waals surface area contributed by atoms with Crippen molar-refractivity contribution in [2.75, 3.05) is 5.75 Å². The summed E-state index contributed by atoms with van der Waals surface area (Å²) >= 11 is 1.17. The average molecular weight is 512 g/mol. The van der Waals surface area contributed by atoms with Gasteiger partial charge in [-0.3, -0.25) is 20.3 Å². The van der Waals surface area contributed by atoms with Crippen LogP contribution in [0.2, 0.25) is 0 Å². The molecule has 5 N–H and O–H groups in total. The van der Waals surface area contributed by atoms with Gasteiger partial charge in [-0.1, -0.05) is 30.0 Å². The van der Waals surface area contributed by atoms with Crippen molar-refractivity contribution in [2.45, 2.75) is 19.1 Å². The molecule has 1 aliphatic rings. The van der Waals surface area contributed by atoms with E-state index in [2.05, 4.69) is 10.3 Å². The van der Waals surface area contributed by atoms with Gasteiger partial charge in [0.15, 0.2) is 5.17 Å². The number of aryl methyl sites for hydroxylation is 1. The van der Waals surface area contributed by atoms with Crippen molar-refractivity contribution in [2.24, 2.45) is 5.73 Å². The first-order valence-electron chi connectivity index (χ1n) is 11.0. The number of thioether (sulfide) groups is 1. The Kier molecular flexibility index (Phi) is 5.87. The van der Waals surface area contributed by atoms with Crippen molar-refractivity contribution in [1.82, 2.24) is 14.9 Å². The quantitative estimate of drug-likeness (QED) is 0.130. The molecule has 7 nitrogen and oxygen atoms in total. The molecule has 0 saturated heterocycles. The molecular formula is C25H20F3N5O2S. The van der Waals surface area contributed by atoms with E-state index >= 15 is 0 Å². The number of carbonyl (C=O) groups is 2. The van der Waals surface area contributed by atoms with Gasteiger partial charge in [-0.25, -0.2) is 0 Å². The number of H-pyrrole nitrogens is 1. The summed E-state index contributed by atoms with van der Waals surface area (Å²) in [6.45, 7) is 0.424. The summed E-state index contributed by atoms with van der Waals surface area (Å²) in [4.78, 5) is 29.0. The van der Waals surface area contributed by atoms with Gasteiger partial charge >= 0.3 is 6.18 Å². The number of aromatic nitrogens is 2. The van der Waals surface area contributed by atoms with E-state index in [9.17, 15) is 22.8 Å². The number of hydrogen-bond acceptors (Lipinski definition) is 4. The fraction of sp³-hybridized carbons (Fsp3) is 0.160. The summed E-state index contributed by atoms with van der Waals surface area (Å²) in [5.74, 6) is -0.720. The van der Waals surface area contributed by atoms with Crippen LogP contribution in [0.3, 0.4) is 0 Å². The Bertz CT molecular complexity index is 1580. The molecule has 0 atom stereocenters. The highest BCUT2D eigenvalue weighted by molar-refractivity contribution is 8.13. The third-order valence-corrected chi connectivity index (χ3v) is 6.87. The first-order chi connectivity index (χ1) is 17.1. The van der Waals surface area contributed by atoms with E-state index in [1.165, 1.54) is 17.8 Å². The number of hydrogen-bond donors (Lipinski definition) is 4. The fourth-order valence-electron chi connectivity index (χ4n) is 4.52. The van der Waals surface area contributed by atoms with Crippen molar-refractivity contribution in [3.8, 4) is 0 Å². The number of halogens is 3. The largest absolute Gasteiger partial charge is 0.416 e. The summed E-state index contributed by atoms with van der Waals surface area (Å²) < 4.78 is 42.5. The normalized spacial score (nSPS) is 14.3. The molecule has 0 unspecified atom stereocenters. The first-order valence-corrected chi connectivity index (χ1v) is 12.0. The van der Waals surface area contributed by atoms with Crippen molar-refractivity contribution in [3.05, 3.63) is 71.5 Å². The van der Waals surface area contributed by atoms with Crippen LogP contribution in [0, 0.1) is 5.41 Å². The molecule has 11 heteroatoms. The van der Waals surface area contributed by atoms with Crippen LogP contribution in [0.25, 0.3) is 33.0 Å². The van der Waals surface area contributed by atoms with E-state index in [0.29, 0.717) is 29.8 Å². The van der Waals surface area contributed by atoms with Crippen LogP contribution in [-0.4, -0.2) is 32.3 Å². The SMILES string of the molecule is N=C(N)SCCCn1cc(C2=C(c3c[nH]c4ccccc34)C(=O)NC2=O)c2cc(C(F)(F)F)ccc21. The molecule has 5 rings (SSSR count). The van der Waals surface area contributed by atoms with E-state index < -0.39 is 23.6 Å². The zero-order valence-corrected chi connectivity index (χ0v) is 19.5. The maximum atomic E-state index is 13.6. The van der Waals surface area contributed by atoms with Crippen molar-refractivity contribution in [1.29, 1.82) is 5.41 Å². The third kappa shape index (κ3) is 4.15. The summed E-state index contributed by atoms with van der Waals surface area (Å²) in [5, 5.41) is 10.6. The van der Waals surface area contributed by atoms with Gasteiger partial charge in [0.25, 0.3) is 11.8 Å². The summed E-state index contributed by atoms with van der Waals surface area (Å²) in [7, 11) is 0. The molecular weight excluding hydrogens is 491 g/mol. The minimum absolute atomic E-state index is 0.0162. The lowest BCUT2D eigenvalue weighted by atomic mass is 9.95. The topological polar surface area (TPSA) is 117 Å². The number of carbonyl (C=O) groups excluding carboxylic acids is 2. The van der Waals surface area contributed by atoms with Crippen LogP contribution < -0.4 is 11.1 Å². The molecule has 2 aromatic heterocycles. The van der Waals surface area contributed by atoms with Crippen molar-refractivity contribution < 1.29 is 22.8 Å². The molecule has 1 aliphatic heterocycles. The van der Waals surface area contributed by atoms with Gasteiger partial charge in [0.2, 0.25) is 0 Å². The minimum atomic E-state index is -4.58. The van der Waals surface area contributed by atoms with Gasteiger partial charge in [-0.05, 0) is 30.7 Å². The Morgan fingerprint density at radius 1 is 1.03 bits per heavy atom. The second-order valence-electron chi connectivity index (χ2n) is 8.31. The smallest absolute Gasteiger partial charge is 0.379 e. The standard InChI is InChI=1S/C25H20F3N5O2S/c26-25(27,28)13-6-7-19-15(10-13)17(12-33(19)8-3-9-36-24(29)30)21-20(22(34)32-23(21)35)16-11-31-18-5-2-1-4-14(16)18/h1-2,4-7,10-12,31H,3,8-9H2,(H3,29,30)(H,32,34,35). The van der Waals surface area contributed by atoms with Gasteiger partial charge in [-0.2, -0.15) is 13.2 Å². The monoisotopic (exact) mass is 511 g/mol. The van der Waals surface area contributed by atoms with E-state index in [4.69, 9.17) is 11.1 Å². The summed E-state index contributed by atoms with van der Waals surface area (Å²) in [5.41, 5.74) is 6.69. The zero-order chi connectivity index (χ0) is 25.6. The Morgan fingerprint density at radius 2 is 1.75 bits per heavy atom. The molecule has 4 aromatic rings. The van der Waals surface area contributed by atoms with Gasteiger partial charge in [-0.15, -0.1) is 0 Å². The van der Waals surface area contributed by atoms with Crippen LogP contribution in [0.5, 0.6) is 0 Å². The fourth-order valence-corrected chi connectivity index (χ4v) is 5.02. The molecule has 0 saturated carbocycles. The number of fused-ring (bicyclic) bond motifs is 2. The highest BCUT2D eigenvalue weighted by Gasteiger charge is 2.36. The molecule has 3 heterocycles. The molecule has 0 spiro atoms. The summed E-state index contributed by atoms with van der Waals surface area (Å²) in [6.07, 6.45) is -0.745. The second-order valence-corrected chi connectivity index (χ2v) is 9.45. The van der Waals surface area contributed by atoms with Gasteiger partial charge in [0.1, 0.15) is 0 Å². The van der Waals surface area contributed by atoms with Crippen molar-refractivity contribution >= 4 is 61.7 Å². The number of benzene rings is 2. The molecule has 36 heavy (non-hydrogen) atoms. The van der Waals surface area contributed by atoms with Crippen LogP contribution in [0.15, 0.2) is 54.9 Å². The molecule has 2 amide bonds. The minimum Gasteiger partial charge on any atom is -0.379 e. The van der Waals surface area contributed by atoms with Crippen molar-refractivity contribution in [3.63, 3.8) is 0 Å². The maximum Gasteiger partial charge on any atom is 0.416 e. The van der Waals surface area contributed by atoms with Crippen LogP contribution in [0.4, 0.5) is 13.2 Å². The van der Waals surface area contributed by atoms with Crippen LogP contribution >= 0.6 is 11.8 Å². The van der Waals surface area contributed by atoms with E-state index in [1.807, 2.05) is 12.1 Å². The number of alkyl halides is 3. The number of imide groups is 1. The summed E-state index contributed by atoms with van der Waals surface area (Å²) in [6, 6.07) is 10.7. The lowest BCUT2D eigenvalue weighted by Crippen LogP contribution is -2.22. The van der Waals surface area contributed by atoms with Crippen LogP contribution in [-0.2, 0) is 22.3 Å². The van der Waals surface area contributed by atoms with Gasteiger partial charge < -0.3 is 15.3 Å². The first kappa shape index (κ1) is 23.7. The Morgan fingerprint density at radius 3 is 2.47 bits per heavy atom. The molecule has 0 bridgehead atoms. The highest BCUT2D eigenvalue weighted by Crippen LogP contribution is 2.40. The Labute approximate surface area is 207 Å². The number of nitrogens with one attached hydrogen (secondary N) is 3. The van der Waals surface area contributed by atoms with E-state index in [0.717, 1.165) is 23.0 Å². The van der Waals surface area contributed by atoms with E-state index in [1.54, 1.807) is 29.1 Å². The van der Waals surface area contributed by atoms with Crippen LogP contribution in [0.1, 0.15) is 23.1 Å². The number of nitrogens with two attached hydrogens (primary N) is 1. The molecule has 0 radical (unpaired) electrons. The molecule has 2 aromatic carbocycles. The van der Waals surface area contributed by atoms with Gasteiger partial charge in [0, 0.05) is 57.6 Å². The average Bonchev–Trinajstić information content (AvgIpc) is 3.48. The highest BCUT2D eigenvalue weighted by atomic mass is 32.2. The predicted molar refractivity (Wildman–Crippen MR) is 134 cm³/mol. The number of nitrogens with zero attached hydrogens (tertiary/aromatic N) is 1. The Balaban J connectivity index is 1.71. The Hall–Kier alpha value is -3.99. The number of rotatable bonds is 6. The number of para-hydroxylation sites is 1. The maximum absolute atomic E-state index is 13.6. The number of amidine groups is 1. The van der Waals surface area contributed by atoms with Gasteiger partial charge in [0.05, 0.1) is 16.7 Å². The lowest BCUT2D eigenvalue weighted by molar-refractivity contribution is -0.137. The zero-order valence-electron chi connectivity index (χ0n) is 18.7. The predicted octanol–water partition coefficient (Wildman–Crippen LogP) is 4.73. The molecule has 0 aliphatic carbocycles. The second kappa shape index (κ2) is 8.90. The van der Waals surface area contributed by atoms with E-state index in [-0.39, 0.29) is 27.3 Å². The molecule has 184 valence electrons. The number of aromatic amines is 1. The number of amides is 2. The lowest BCUT2D eigenvalue weighted by Gasteiger charge is -2.09. The molecule has 0 fully saturated rings. The third-order valence-electron chi connectivity index (χ3n) is 6.07.